The molecule has 0 bridgehead atoms. The zero-order valence-electron chi connectivity index (χ0n) is 14.3. The van der Waals surface area contributed by atoms with Gasteiger partial charge in [-0.25, -0.2) is 14.4 Å². The fourth-order valence-corrected chi connectivity index (χ4v) is 4.00. The van der Waals surface area contributed by atoms with Crippen molar-refractivity contribution in [2.75, 3.05) is 12.3 Å². The fourth-order valence-electron chi connectivity index (χ4n) is 3.27. The summed E-state index contributed by atoms with van der Waals surface area (Å²) in [5.41, 5.74) is 1.37. The number of hydrogen-bond acceptors (Lipinski definition) is 5. The normalized spacial score (nSPS) is 17.8. The van der Waals surface area contributed by atoms with E-state index in [1.54, 1.807) is 6.07 Å². The van der Waals surface area contributed by atoms with E-state index in [-0.39, 0.29) is 23.5 Å². The Morgan fingerprint density at radius 3 is 3.08 bits per heavy atom. The Bertz CT molecular complexity index is 938. The van der Waals surface area contributed by atoms with Crippen molar-refractivity contribution in [1.29, 1.82) is 0 Å². The van der Waals surface area contributed by atoms with Gasteiger partial charge in [-0.3, -0.25) is 9.89 Å². The first-order chi connectivity index (χ1) is 12.6. The first-order valence-electron chi connectivity index (χ1n) is 8.56. The molecule has 1 aliphatic rings. The van der Waals surface area contributed by atoms with Crippen LogP contribution in [0.2, 0.25) is 0 Å². The molecule has 0 saturated carbocycles. The van der Waals surface area contributed by atoms with Gasteiger partial charge in [0.25, 0.3) is 0 Å². The molecule has 136 valence electrons. The van der Waals surface area contributed by atoms with E-state index in [0.717, 1.165) is 30.9 Å². The number of benzene rings is 1. The van der Waals surface area contributed by atoms with Crippen molar-refractivity contribution in [3.63, 3.8) is 0 Å². The molecule has 1 aromatic carbocycles. The van der Waals surface area contributed by atoms with Crippen molar-refractivity contribution in [1.82, 2.24) is 30.0 Å². The van der Waals surface area contributed by atoms with E-state index in [4.69, 9.17) is 0 Å². The molecule has 2 N–H and O–H groups in total. The Labute approximate surface area is 153 Å². The molecule has 3 aromatic rings. The average molecular weight is 374 g/mol. The highest BCUT2D eigenvalue weighted by Gasteiger charge is 2.30. The van der Waals surface area contributed by atoms with Crippen LogP contribution in [0.5, 0.6) is 0 Å². The number of carbonyl (C=O) groups is 1. The van der Waals surface area contributed by atoms with Gasteiger partial charge in [0, 0.05) is 6.54 Å². The van der Waals surface area contributed by atoms with Gasteiger partial charge in [-0.2, -0.15) is 0 Å². The van der Waals surface area contributed by atoms with Crippen molar-refractivity contribution in [2.45, 2.75) is 37.4 Å². The predicted octanol–water partition coefficient (Wildman–Crippen LogP) is 2.97. The molecule has 0 spiro atoms. The average Bonchev–Trinajstić information content (AvgIpc) is 3.25. The molecule has 1 aliphatic heterocycles. The van der Waals surface area contributed by atoms with Crippen LogP contribution in [0.1, 0.15) is 37.0 Å². The van der Waals surface area contributed by atoms with Crippen LogP contribution >= 0.6 is 11.8 Å². The van der Waals surface area contributed by atoms with Crippen LogP contribution in [0.3, 0.4) is 0 Å². The molecule has 3 heterocycles. The lowest BCUT2D eigenvalue weighted by molar-refractivity contribution is -0.132. The van der Waals surface area contributed by atoms with Crippen molar-refractivity contribution in [3.05, 3.63) is 35.7 Å². The Balaban J connectivity index is 1.52. The quantitative estimate of drug-likeness (QED) is 0.685. The first kappa shape index (κ1) is 17.0. The highest BCUT2D eigenvalue weighted by atomic mass is 32.2. The van der Waals surface area contributed by atoms with E-state index in [0.29, 0.717) is 22.7 Å². The van der Waals surface area contributed by atoms with E-state index < -0.39 is 0 Å². The number of nitrogens with zero attached hydrogens (tertiary/aromatic N) is 4. The van der Waals surface area contributed by atoms with E-state index in [2.05, 4.69) is 25.1 Å². The minimum absolute atomic E-state index is 0.0359. The van der Waals surface area contributed by atoms with Crippen LogP contribution in [0.4, 0.5) is 4.39 Å². The lowest BCUT2D eigenvalue weighted by Crippen LogP contribution is -2.40. The highest BCUT2D eigenvalue weighted by Crippen LogP contribution is 2.31. The number of aryl methyl sites for hydroxylation is 1. The number of halogens is 1. The molecule has 2 aromatic heterocycles. The van der Waals surface area contributed by atoms with Crippen LogP contribution in [0, 0.1) is 12.7 Å². The number of imidazole rings is 1. The first-order valence-corrected chi connectivity index (χ1v) is 9.55. The number of fused-ring (bicyclic) bond motifs is 1. The van der Waals surface area contributed by atoms with Crippen LogP contribution in [0.25, 0.3) is 11.0 Å². The standard InChI is InChI=1S/C17H19FN6OS/c1-10-19-17(23-22-10)26-9-15(25)24-7-3-2-4-14(24)16-20-12-6-5-11(18)8-13(12)21-16/h5-6,8,14H,2-4,7,9H2,1H3,(H,20,21)(H,19,22,23)/t14-/m0/s1. The number of nitrogens with one attached hydrogen (secondary N) is 2. The van der Waals surface area contributed by atoms with Crippen molar-refractivity contribution in [2.24, 2.45) is 0 Å². The molecule has 0 aliphatic carbocycles. The molecule has 1 amide bonds. The second kappa shape index (κ2) is 7.06. The minimum atomic E-state index is -0.303. The number of thioether (sulfide) groups is 1. The number of amides is 1. The third kappa shape index (κ3) is 3.44. The number of aromatic nitrogens is 5. The highest BCUT2D eigenvalue weighted by molar-refractivity contribution is 7.99. The van der Waals surface area contributed by atoms with Crippen LogP contribution < -0.4 is 0 Å². The van der Waals surface area contributed by atoms with Crippen molar-refractivity contribution >= 4 is 28.7 Å². The molecule has 4 rings (SSSR count). The third-order valence-electron chi connectivity index (χ3n) is 4.50. The van der Waals surface area contributed by atoms with E-state index in [9.17, 15) is 9.18 Å². The number of hydrogen-bond donors (Lipinski definition) is 2. The summed E-state index contributed by atoms with van der Waals surface area (Å²) in [6.07, 6.45) is 2.85. The maximum Gasteiger partial charge on any atom is 0.233 e. The van der Waals surface area contributed by atoms with E-state index in [1.165, 1.54) is 23.9 Å². The Kier molecular flexibility index (Phi) is 4.62. The molecule has 1 atom stereocenters. The topological polar surface area (TPSA) is 90.6 Å². The molecule has 7 nitrogen and oxygen atoms in total. The number of rotatable bonds is 4. The Hall–Kier alpha value is -2.42. The van der Waals surface area contributed by atoms with Gasteiger partial charge in [-0.05, 0) is 44.4 Å². The third-order valence-corrected chi connectivity index (χ3v) is 5.33. The van der Waals surface area contributed by atoms with Gasteiger partial charge >= 0.3 is 0 Å². The minimum Gasteiger partial charge on any atom is -0.340 e. The predicted molar refractivity (Wildman–Crippen MR) is 96.2 cm³/mol. The Morgan fingerprint density at radius 2 is 2.27 bits per heavy atom. The number of likely N-dealkylation sites (tertiary alicyclic amines) is 1. The van der Waals surface area contributed by atoms with Gasteiger partial charge in [0.15, 0.2) is 0 Å². The fraction of sp³-hybridized carbons (Fsp3) is 0.412. The molecular weight excluding hydrogens is 355 g/mol. The summed E-state index contributed by atoms with van der Waals surface area (Å²) in [6, 6.07) is 4.37. The molecule has 0 radical (unpaired) electrons. The van der Waals surface area contributed by atoms with E-state index >= 15 is 0 Å². The lowest BCUT2D eigenvalue weighted by atomic mass is 10.0. The van der Waals surface area contributed by atoms with Gasteiger partial charge < -0.3 is 9.88 Å². The number of aromatic amines is 2. The van der Waals surface area contributed by atoms with Gasteiger partial charge in [-0.1, -0.05) is 11.8 Å². The smallest absolute Gasteiger partial charge is 0.233 e. The summed E-state index contributed by atoms with van der Waals surface area (Å²) < 4.78 is 13.4. The summed E-state index contributed by atoms with van der Waals surface area (Å²) in [5, 5.41) is 7.40. The second-order valence-electron chi connectivity index (χ2n) is 6.37. The Morgan fingerprint density at radius 1 is 1.38 bits per heavy atom. The summed E-state index contributed by atoms with van der Waals surface area (Å²) in [4.78, 5) is 26.6. The number of carbonyl (C=O) groups excluding carboxylic acids is 1. The maximum atomic E-state index is 13.4. The summed E-state index contributed by atoms with van der Waals surface area (Å²) in [5.74, 6) is 1.46. The SMILES string of the molecule is Cc1nc(SCC(=O)N2CCCC[C@H]2c2nc3ccc(F)cc3[nH]2)n[nH]1. The van der Waals surface area contributed by atoms with Gasteiger partial charge in [0.1, 0.15) is 17.5 Å². The molecule has 26 heavy (non-hydrogen) atoms. The van der Waals surface area contributed by atoms with Gasteiger partial charge in [0.05, 0.1) is 22.8 Å². The van der Waals surface area contributed by atoms with Gasteiger partial charge in [-0.15, -0.1) is 5.10 Å². The molecule has 9 heteroatoms. The van der Waals surface area contributed by atoms with E-state index in [1.807, 2.05) is 11.8 Å². The lowest BCUT2D eigenvalue weighted by Gasteiger charge is -2.34. The molecular formula is C17H19FN6OS. The summed E-state index contributed by atoms with van der Waals surface area (Å²) >= 11 is 1.32. The second-order valence-corrected chi connectivity index (χ2v) is 7.32. The van der Waals surface area contributed by atoms with Crippen LogP contribution in [-0.4, -0.2) is 48.3 Å². The van der Waals surface area contributed by atoms with Crippen LogP contribution in [-0.2, 0) is 4.79 Å². The molecule has 1 saturated heterocycles. The largest absolute Gasteiger partial charge is 0.340 e. The zero-order chi connectivity index (χ0) is 18.1. The maximum absolute atomic E-state index is 13.4. The summed E-state index contributed by atoms with van der Waals surface area (Å²) in [7, 11) is 0. The molecule has 0 unspecified atom stereocenters. The molecule has 1 fully saturated rings. The van der Waals surface area contributed by atoms with Crippen LogP contribution in [0.15, 0.2) is 23.4 Å². The zero-order valence-corrected chi connectivity index (χ0v) is 15.1. The van der Waals surface area contributed by atoms with Crippen molar-refractivity contribution < 1.29 is 9.18 Å². The van der Waals surface area contributed by atoms with Crippen molar-refractivity contribution in [3.8, 4) is 0 Å². The van der Waals surface area contributed by atoms with Gasteiger partial charge in [0.2, 0.25) is 11.1 Å². The number of piperidine rings is 1. The monoisotopic (exact) mass is 374 g/mol. The number of H-pyrrole nitrogens is 2. The summed E-state index contributed by atoms with van der Waals surface area (Å²) in [6.45, 7) is 2.52.